The van der Waals surface area contributed by atoms with Gasteiger partial charge >= 0.3 is 0 Å². The predicted molar refractivity (Wildman–Crippen MR) is 89.9 cm³/mol. The van der Waals surface area contributed by atoms with Crippen molar-refractivity contribution < 1.29 is 9.59 Å². The summed E-state index contributed by atoms with van der Waals surface area (Å²) >= 11 is 0. The third-order valence-corrected chi connectivity index (χ3v) is 4.12. The summed E-state index contributed by atoms with van der Waals surface area (Å²) in [5.41, 5.74) is 3.03. The van der Waals surface area contributed by atoms with E-state index in [0.717, 1.165) is 16.8 Å². The molecule has 23 heavy (non-hydrogen) atoms. The summed E-state index contributed by atoms with van der Waals surface area (Å²) in [4.78, 5) is 26.2. The van der Waals surface area contributed by atoms with Gasteiger partial charge in [0.15, 0.2) is 0 Å². The molecule has 0 spiro atoms. The normalized spacial score (nSPS) is 17.3. The minimum atomic E-state index is -0.285. The number of hydrogen-bond donors (Lipinski definition) is 1. The van der Waals surface area contributed by atoms with Gasteiger partial charge in [-0.1, -0.05) is 42.5 Å². The van der Waals surface area contributed by atoms with Crippen LogP contribution in [0.4, 0.5) is 5.69 Å². The van der Waals surface area contributed by atoms with Crippen LogP contribution in [0.5, 0.6) is 0 Å². The van der Waals surface area contributed by atoms with Crippen molar-refractivity contribution in [3.8, 4) is 0 Å². The van der Waals surface area contributed by atoms with E-state index >= 15 is 0 Å². The summed E-state index contributed by atoms with van der Waals surface area (Å²) in [5.74, 6) is -0.334. The maximum atomic E-state index is 12.3. The van der Waals surface area contributed by atoms with Crippen molar-refractivity contribution >= 4 is 17.5 Å². The molecule has 1 atom stereocenters. The average Bonchev–Trinajstić information content (AvgIpc) is 2.95. The number of carbonyl (C=O) groups is 2. The topological polar surface area (TPSA) is 49.4 Å². The van der Waals surface area contributed by atoms with Crippen molar-refractivity contribution in [2.75, 3.05) is 11.4 Å². The van der Waals surface area contributed by atoms with E-state index in [0.29, 0.717) is 13.1 Å². The van der Waals surface area contributed by atoms with Gasteiger partial charge in [-0.3, -0.25) is 9.59 Å². The second-order valence-corrected chi connectivity index (χ2v) is 5.95. The van der Waals surface area contributed by atoms with E-state index in [1.54, 1.807) is 4.90 Å². The third kappa shape index (κ3) is 3.59. The van der Waals surface area contributed by atoms with Gasteiger partial charge in [-0.15, -0.1) is 0 Å². The lowest BCUT2D eigenvalue weighted by molar-refractivity contribution is -0.126. The lowest BCUT2D eigenvalue weighted by atomic mass is 10.1. The summed E-state index contributed by atoms with van der Waals surface area (Å²) in [7, 11) is 0. The maximum Gasteiger partial charge on any atom is 0.227 e. The van der Waals surface area contributed by atoms with Crippen molar-refractivity contribution in [1.29, 1.82) is 0 Å². The predicted octanol–water partition coefficient (Wildman–Crippen LogP) is 2.66. The number of benzene rings is 2. The van der Waals surface area contributed by atoms with Crippen molar-refractivity contribution in [2.24, 2.45) is 5.92 Å². The van der Waals surface area contributed by atoms with Crippen LogP contribution in [0.2, 0.25) is 0 Å². The molecule has 4 nitrogen and oxygen atoms in total. The Hall–Kier alpha value is -2.62. The quantitative estimate of drug-likeness (QED) is 0.944. The Kier molecular flexibility index (Phi) is 4.42. The van der Waals surface area contributed by atoms with E-state index in [-0.39, 0.29) is 24.2 Å². The van der Waals surface area contributed by atoms with Crippen LogP contribution >= 0.6 is 0 Å². The fourth-order valence-electron chi connectivity index (χ4n) is 2.86. The molecule has 0 bridgehead atoms. The van der Waals surface area contributed by atoms with Gasteiger partial charge in [0.1, 0.15) is 0 Å². The van der Waals surface area contributed by atoms with Crippen LogP contribution in [0.15, 0.2) is 54.6 Å². The molecule has 1 heterocycles. The highest BCUT2D eigenvalue weighted by Crippen LogP contribution is 2.25. The Bertz CT molecular complexity index is 712. The number of hydrogen-bond acceptors (Lipinski definition) is 2. The zero-order valence-electron chi connectivity index (χ0n) is 13.2. The molecule has 0 aromatic heterocycles. The molecule has 1 aliphatic heterocycles. The van der Waals surface area contributed by atoms with Gasteiger partial charge in [0, 0.05) is 25.2 Å². The summed E-state index contributed by atoms with van der Waals surface area (Å²) in [6.45, 7) is 2.94. The Morgan fingerprint density at radius 2 is 1.96 bits per heavy atom. The van der Waals surface area contributed by atoms with Crippen molar-refractivity contribution in [2.45, 2.75) is 19.9 Å². The van der Waals surface area contributed by atoms with Crippen molar-refractivity contribution in [1.82, 2.24) is 5.32 Å². The molecule has 0 saturated carbocycles. The van der Waals surface area contributed by atoms with E-state index in [1.807, 2.05) is 61.5 Å². The molecule has 2 amide bonds. The number of amides is 2. The minimum absolute atomic E-state index is 0.00969. The van der Waals surface area contributed by atoms with Crippen LogP contribution in [0, 0.1) is 12.8 Å². The van der Waals surface area contributed by atoms with Gasteiger partial charge in [0.25, 0.3) is 0 Å². The molecule has 0 aliphatic carbocycles. The lowest BCUT2D eigenvalue weighted by Gasteiger charge is -2.17. The first-order valence-corrected chi connectivity index (χ1v) is 7.82. The lowest BCUT2D eigenvalue weighted by Crippen LogP contribution is -2.32. The number of carbonyl (C=O) groups excluding carboxylic acids is 2. The average molecular weight is 308 g/mol. The van der Waals surface area contributed by atoms with E-state index < -0.39 is 0 Å². The van der Waals surface area contributed by atoms with Crippen molar-refractivity contribution in [3.63, 3.8) is 0 Å². The molecule has 1 aliphatic rings. The van der Waals surface area contributed by atoms with Gasteiger partial charge in [-0.2, -0.15) is 0 Å². The highest BCUT2D eigenvalue weighted by atomic mass is 16.2. The van der Waals surface area contributed by atoms with Crippen LogP contribution in [-0.4, -0.2) is 18.4 Å². The Morgan fingerprint density at radius 3 is 2.70 bits per heavy atom. The van der Waals surface area contributed by atoms with Gasteiger partial charge < -0.3 is 10.2 Å². The first-order valence-electron chi connectivity index (χ1n) is 7.82. The van der Waals surface area contributed by atoms with E-state index in [9.17, 15) is 9.59 Å². The number of nitrogens with zero attached hydrogens (tertiary/aromatic N) is 1. The summed E-state index contributed by atoms with van der Waals surface area (Å²) in [5, 5.41) is 2.93. The summed E-state index contributed by atoms with van der Waals surface area (Å²) in [6, 6.07) is 17.6. The second-order valence-electron chi connectivity index (χ2n) is 5.95. The van der Waals surface area contributed by atoms with Crippen molar-refractivity contribution in [3.05, 3.63) is 65.7 Å². The van der Waals surface area contributed by atoms with Crippen LogP contribution in [0.25, 0.3) is 0 Å². The maximum absolute atomic E-state index is 12.3. The summed E-state index contributed by atoms with van der Waals surface area (Å²) in [6.07, 6.45) is 0.272. The van der Waals surface area contributed by atoms with E-state index in [1.165, 1.54) is 0 Å². The number of aryl methyl sites for hydroxylation is 1. The van der Waals surface area contributed by atoms with Crippen LogP contribution < -0.4 is 10.2 Å². The zero-order valence-corrected chi connectivity index (χ0v) is 13.2. The van der Waals surface area contributed by atoms with E-state index in [4.69, 9.17) is 0 Å². The molecule has 2 aromatic carbocycles. The largest absolute Gasteiger partial charge is 0.352 e. The van der Waals surface area contributed by atoms with Crippen LogP contribution in [0.1, 0.15) is 17.5 Å². The fraction of sp³-hybridized carbons (Fsp3) is 0.263. The van der Waals surface area contributed by atoms with Gasteiger partial charge in [-0.05, 0) is 30.2 Å². The Labute approximate surface area is 136 Å². The molecule has 3 rings (SSSR count). The monoisotopic (exact) mass is 308 g/mol. The molecule has 2 aromatic rings. The second kappa shape index (κ2) is 6.65. The van der Waals surface area contributed by atoms with Gasteiger partial charge in [0.05, 0.1) is 5.92 Å². The Balaban J connectivity index is 1.62. The SMILES string of the molecule is Cc1cccc(N2C[C@H](C(=O)NCc3ccccc3)CC2=O)c1. The molecule has 0 radical (unpaired) electrons. The molecule has 0 unspecified atom stereocenters. The fourth-order valence-corrected chi connectivity index (χ4v) is 2.86. The highest BCUT2D eigenvalue weighted by molar-refractivity contribution is 6.00. The minimum Gasteiger partial charge on any atom is -0.352 e. The number of nitrogens with one attached hydrogen (secondary N) is 1. The summed E-state index contributed by atoms with van der Waals surface area (Å²) < 4.78 is 0. The first kappa shape index (κ1) is 15.3. The molecular formula is C19H20N2O2. The van der Waals surface area contributed by atoms with Gasteiger partial charge in [0.2, 0.25) is 11.8 Å². The van der Waals surface area contributed by atoms with E-state index in [2.05, 4.69) is 5.32 Å². The zero-order chi connectivity index (χ0) is 16.2. The smallest absolute Gasteiger partial charge is 0.227 e. The first-order chi connectivity index (χ1) is 11.1. The molecule has 4 heteroatoms. The molecule has 1 fully saturated rings. The van der Waals surface area contributed by atoms with Gasteiger partial charge in [-0.25, -0.2) is 0 Å². The molecular weight excluding hydrogens is 288 g/mol. The highest BCUT2D eigenvalue weighted by Gasteiger charge is 2.34. The molecule has 118 valence electrons. The standard InChI is InChI=1S/C19H20N2O2/c1-14-6-5-9-17(10-14)21-13-16(11-18(21)22)19(23)20-12-15-7-3-2-4-8-15/h2-10,16H,11-13H2,1H3,(H,20,23)/t16-/m1/s1. The molecule has 1 N–H and O–H groups in total. The third-order valence-electron chi connectivity index (χ3n) is 4.12. The number of rotatable bonds is 4. The van der Waals surface area contributed by atoms with Crippen LogP contribution in [-0.2, 0) is 16.1 Å². The Morgan fingerprint density at radius 1 is 1.17 bits per heavy atom. The van der Waals surface area contributed by atoms with Crippen LogP contribution in [0.3, 0.4) is 0 Å². The molecule has 1 saturated heterocycles. The number of anilines is 1.